The molecule has 2 aromatic carbocycles. The van der Waals surface area contributed by atoms with E-state index in [-0.39, 0.29) is 5.84 Å². The Morgan fingerprint density at radius 1 is 1.05 bits per heavy atom. The first-order chi connectivity index (χ1) is 17.0. The minimum atomic E-state index is -5.08. The van der Waals surface area contributed by atoms with Gasteiger partial charge in [-0.3, -0.25) is 10.2 Å². The van der Waals surface area contributed by atoms with Crippen molar-refractivity contribution in [2.45, 2.75) is 20.0 Å². The van der Waals surface area contributed by atoms with E-state index in [4.69, 9.17) is 25.8 Å². The maximum Gasteiger partial charge on any atom is 0.490 e. The number of carbonyl (C=O) groups excluding carboxylic acids is 1. The molecule has 0 aliphatic heterocycles. The number of esters is 1. The van der Waals surface area contributed by atoms with E-state index < -0.39 is 29.5 Å². The molecule has 0 atom stereocenters. The van der Waals surface area contributed by atoms with Crippen molar-refractivity contribution in [3.8, 4) is 5.75 Å². The summed E-state index contributed by atoms with van der Waals surface area (Å²) in [4.78, 5) is 39.1. The second kappa shape index (κ2) is 11.2. The molecule has 0 spiro atoms. The molecular weight excluding hydrogens is 517 g/mol. The molecule has 14 heteroatoms. The third-order valence-corrected chi connectivity index (χ3v) is 5.90. The number of aliphatic carboxylic acids is 2. The van der Waals surface area contributed by atoms with Gasteiger partial charge in [0.05, 0.1) is 21.2 Å². The molecule has 5 N–H and O–H groups in total. The first-order valence-electron chi connectivity index (χ1n) is 10.3. The van der Waals surface area contributed by atoms with Gasteiger partial charge in [0.25, 0.3) is 0 Å². The molecule has 1 aromatic heterocycles. The fourth-order valence-electron chi connectivity index (χ4n) is 2.80. The number of halogens is 3. The molecule has 0 fully saturated rings. The summed E-state index contributed by atoms with van der Waals surface area (Å²) in [5.74, 6) is -3.85. The zero-order valence-corrected chi connectivity index (χ0v) is 20.6. The number of nitrogens with one attached hydrogen (secondary N) is 1. The molecule has 3 aromatic rings. The Bertz CT molecular complexity index is 1320. The topological polar surface area (TPSA) is 167 Å². The summed E-state index contributed by atoms with van der Waals surface area (Å²) in [5.41, 5.74) is 6.14. The number of ether oxygens (including phenoxy) is 1. The largest absolute Gasteiger partial charge is 0.490 e. The first-order valence-corrected chi connectivity index (χ1v) is 11.1. The van der Waals surface area contributed by atoms with Crippen molar-refractivity contribution >= 4 is 50.4 Å². The van der Waals surface area contributed by atoms with Gasteiger partial charge >= 0.3 is 24.1 Å². The van der Waals surface area contributed by atoms with Crippen LogP contribution in [0.25, 0.3) is 10.2 Å². The van der Waals surface area contributed by atoms with Gasteiger partial charge in [0, 0.05) is 19.2 Å². The van der Waals surface area contributed by atoms with Crippen LogP contribution in [0.15, 0.2) is 42.5 Å². The highest BCUT2D eigenvalue weighted by Crippen LogP contribution is 2.31. The Hall–Kier alpha value is -4.20. The number of hydrogen-bond acceptors (Lipinski definition) is 8. The molecule has 1 heterocycles. The fourth-order valence-corrected chi connectivity index (χ4v) is 3.76. The zero-order chi connectivity index (χ0) is 28.1. The van der Waals surface area contributed by atoms with Gasteiger partial charge in [-0.1, -0.05) is 11.3 Å². The van der Waals surface area contributed by atoms with Gasteiger partial charge in [0.15, 0.2) is 5.13 Å². The maximum atomic E-state index is 12.5. The molecule has 0 aliphatic rings. The lowest BCUT2D eigenvalue weighted by atomic mass is 9.93. The number of thiazole rings is 1. The molecule has 0 aliphatic carbocycles. The third-order valence-electron chi connectivity index (χ3n) is 4.77. The van der Waals surface area contributed by atoms with Crippen LogP contribution in [0.5, 0.6) is 5.75 Å². The normalized spacial score (nSPS) is 11.3. The number of nitrogens with two attached hydrogens (primary N) is 1. The van der Waals surface area contributed by atoms with Crippen LogP contribution in [0, 0.1) is 10.8 Å². The molecule has 10 nitrogen and oxygen atoms in total. The number of nitrogens with zero attached hydrogens (tertiary/aromatic N) is 2. The summed E-state index contributed by atoms with van der Waals surface area (Å²) in [6.07, 6.45) is -5.08. The lowest BCUT2D eigenvalue weighted by molar-refractivity contribution is -0.192. The predicted octanol–water partition coefficient (Wildman–Crippen LogP) is 3.98. The molecular formula is C23H23F3N4O6S. The van der Waals surface area contributed by atoms with Gasteiger partial charge in [-0.25, -0.2) is 14.6 Å². The lowest BCUT2D eigenvalue weighted by Gasteiger charge is -2.26. The molecule has 0 radical (unpaired) electrons. The van der Waals surface area contributed by atoms with Crippen LogP contribution in [0.3, 0.4) is 0 Å². The highest BCUT2D eigenvalue weighted by molar-refractivity contribution is 7.22. The Morgan fingerprint density at radius 2 is 1.59 bits per heavy atom. The number of alkyl halides is 3. The number of benzene rings is 2. The van der Waals surface area contributed by atoms with Crippen LogP contribution >= 0.6 is 11.3 Å². The Morgan fingerprint density at radius 3 is 2.08 bits per heavy atom. The van der Waals surface area contributed by atoms with Crippen molar-refractivity contribution < 1.29 is 42.5 Å². The Balaban J connectivity index is 0.000000604. The standard InChI is InChI=1S/C21H22N4O4S.C2HF3O2/c1-21(2,19(27)28)11-25(3)20-24-15-9-6-13(10-16(15)30-20)18(26)29-14-7-4-12(5-8-14)17(22)23;3-2(4,5)1(6)7/h4-10H,11H2,1-3H3,(H3,22,23)(H,27,28);(H,6,7). The van der Waals surface area contributed by atoms with Crippen molar-refractivity contribution in [3.05, 3.63) is 53.6 Å². The van der Waals surface area contributed by atoms with Crippen molar-refractivity contribution in [2.24, 2.45) is 11.1 Å². The molecule has 0 amide bonds. The first kappa shape index (κ1) is 29.0. The second-order valence-corrected chi connectivity index (χ2v) is 9.36. The number of fused-ring (bicyclic) bond motifs is 1. The molecule has 3 rings (SSSR count). The lowest BCUT2D eigenvalue weighted by Crippen LogP contribution is -2.37. The van der Waals surface area contributed by atoms with E-state index in [9.17, 15) is 27.9 Å². The summed E-state index contributed by atoms with van der Waals surface area (Å²) < 4.78 is 37.9. The van der Waals surface area contributed by atoms with E-state index in [0.29, 0.717) is 28.6 Å². The summed E-state index contributed by atoms with van der Waals surface area (Å²) in [7, 11) is 1.79. The molecule has 37 heavy (non-hydrogen) atoms. The average Bonchev–Trinajstić information content (AvgIpc) is 3.22. The fraction of sp³-hybridized carbons (Fsp3) is 0.261. The summed E-state index contributed by atoms with van der Waals surface area (Å²) >= 11 is 1.38. The zero-order valence-electron chi connectivity index (χ0n) is 19.8. The minimum Gasteiger partial charge on any atom is -0.481 e. The van der Waals surface area contributed by atoms with Crippen LogP contribution in [-0.4, -0.2) is 58.7 Å². The number of carboxylic acids is 2. The van der Waals surface area contributed by atoms with Gasteiger partial charge in [0.2, 0.25) is 0 Å². The van der Waals surface area contributed by atoms with E-state index >= 15 is 0 Å². The number of hydrogen-bond donors (Lipinski definition) is 4. The van der Waals surface area contributed by atoms with Gasteiger partial charge in [-0.2, -0.15) is 13.2 Å². The quantitative estimate of drug-likeness (QED) is 0.150. The SMILES string of the molecule is CN(CC(C)(C)C(=O)O)c1nc2ccc(C(=O)Oc3ccc(C(=N)N)cc3)cc2s1.O=C(O)C(F)(F)F. The maximum absolute atomic E-state index is 12.5. The van der Waals surface area contributed by atoms with Gasteiger partial charge in [-0.05, 0) is 56.3 Å². The number of carboxylic acid groups (broad SMARTS) is 2. The molecule has 198 valence electrons. The second-order valence-electron chi connectivity index (χ2n) is 8.35. The number of amidine groups is 1. The van der Waals surface area contributed by atoms with E-state index in [2.05, 4.69) is 4.98 Å². The van der Waals surface area contributed by atoms with Crippen LogP contribution in [0.1, 0.15) is 29.8 Å². The van der Waals surface area contributed by atoms with Crippen LogP contribution < -0.4 is 15.4 Å². The highest BCUT2D eigenvalue weighted by Gasteiger charge is 2.38. The third kappa shape index (κ3) is 7.90. The van der Waals surface area contributed by atoms with E-state index in [1.54, 1.807) is 68.3 Å². The van der Waals surface area contributed by atoms with Gasteiger partial charge in [0.1, 0.15) is 11.6 Å². The van der Waals surface area contributed by atoms with Gasteiger partial charge < -0.3 is 25.6 Å². The highest BCUT2D eigenvalue weighted by atomic mass is 32.1. The van der Waals surface area contributed by atoms with Crippen molar-refractivity contribution in [1.29, 1.82) is 5.41 Å². The summed E-state index contributed by atoms with van der Waals surface area (Å²) in [5, 5.41) is 24.5. The number of rotatable bonds is 7. The monoisotopic (exact) mass is 540 g/mol. The predicted molar refractivity (Wildman–Crippen MR) is 130 cm³/mol. The van der Waals surface area contributed by atoms with Crippen molar-refractivity contribution in [3.63, 3.8) is 0 Å². The molecule has 0 unspecified atom stereocenters. The van der Waals surface area contributed by atoms with Gasteiger partial charge in [-0.15, -0.1) is 0 Å². The van der Waals surface area contributed by atoms with Crippen molar-refractivity contribution in [2.75, 3.05) is 18.5 Å². The molecule has 0 saturated heterocycles. The smallest absolute Gasteiger partial charge is 0.481 e. The van der Waals surface area contributed by atoms with Crippen LogP contribution in [-0.2, 0) is 9.59 Å². The summed E-state index contributed by atoms with van der Waals surface area (Å²) in [6, 6.07) is 11.5. The average molecular weight is 541 g/mol. The van der Waals surface area contributed by atoms with E-state index in [0.717, 1.165) is 10.2 Å². The minimum absolute atomic E-state index is 0.0592. The number of anilines is 1. The van der Waals surface area contributed by atoms with Crippen LogP contribution in [0.2, 0.25) is 0 Å². The number of aromatic nitrogens is 1. The number of nitrogen functional groups attached to an aromatic ring is 1. The van der Waals surface area contributed by atoms with E-state index in [1.807, 2.05) is 0 Å². The molecule has 0 saturated carbocycles. The Labute approximate surface area is 212 Å². The van der Waals surface area contributed by atoms with Crippen LogP contribution in [0.4, 0.5) is 18.3 Å². The van der Waals surface area contributed by atoms with E-state index in [1.165, 1.54) is 11.3 Å². The van der Waals surface area contributed by atoms with Crippen molar-refractivity contribution in [1.82, 2.24) is 4.98 Å². The Kier molecular flexibility index (Phi) is 8.82. The molecule has 0 bridgehead atoms. The number of carbonyl (C=O) groups is 3. The summed E-state index contributed by atoms with van der Waals surface area (Å²) in [6.45, 7) is 3.62.